The highest BCUT2D eigenvalue weighted by Crippen LogP contribution is 2.17. The number of hydrogen-bond donors (Lipinski definition) is 3. The van der Waals surface area contributed by atoms with E-state index >= 15 is 0 Å². The van der Waals surface area contributed by atoms with E-state index in [4.69, 9.17) is 4.74 Å². The third-order valence-electron chi connectivity index (χ3n) is 11.9. The Morgan fingerprint density at radius 1 is 0.475 bits per heavy atom. The van der Waals surface area contributed by atoms with Crippen molar-refractivity contribution in [3.05, 3.63) is 48.6 Å². The molecule has 0 aromatic rings. The third kappa shape index (κ3) is 44.2. The van der Waals surface area contributed by atoms with Gasteiger partial charge in [0.25, 0.3) is 0 Å². The van der Waals surface area contributed by atoms with Gasteiger partial charge in [0.2, 0.25) is 5.91 Å². The molecule has 61 heavy (non-hydrogen) atoms. The van der Waals surface area contributed by atoms with Crippen LogP contribution in [0.1, 0.15) is 265 Å². The van der Waals surface area contributed by atoms with Crippen LogP contribution in [0.15, 0.2) is 48.6 Å². The summed E-state index contributed by atoms with van der Waals surface area (Å²) in [6.07, 6.45) is 58.9. The van der Waals surface area contributed by atoms with Crippen LogP contribution >= 0.6 is 0 Å². The molecule has 0 aliphatic carbocycles. The van der Waals surface area contributed by atoms with E-state index in [1.54, 1.807) is 0 Å². The quantitative estimate of drug-likeness (QED) is 0.0322. The maximum Gasteiger partial charge on any atom is 0.306 e. The van der Waals surface area contributed by atoms with Crippen LogP contribution in [-0.2, 0) is 14.3 Å². The van der Waals surface area contributed by atoms with E-state index < -0.39 is 18.2 Å². The van der Waals surface area contributed by atoms with Gasteiger partial charge in [-0.15, -0.1) is 0 Å². The van der Waals surface area contributed by atoms with Crippen LogP contribution < -0.4 is 5.32 Å². The number of amides is 1. The number of hydrogen-bond acceptors (Lipinski definition) is 5. The Labute approximate surface area is 378 Å². The van der Waals surface area contributed by atoms with Crippen LogP contribution in [-0.4, -0.2) is 46.9 Å². The summed E-state index contributed by atoms with van der Waals surface area (Å²) in [5.41, 5.74) is 0. The number of nitrogens with one attached hydrogen (secondary N) is 1. The minimum Gasteiger partial charge on any atom is -0.462 e. The molecule has 6 heteroatoms. The molecule has 356 valence electrons. The van der Waals surface area contributed by atoms with Crippen LogP contribution in [0.4, 0.5) is 0 Å². The highest BCUT2D eigenvalue weighted by molar-refractivity contribution is 5.77. The molecule has 0 aliphatic rings. The summed E-state index contributed by atoms with van der Waals surface area (Å²) in [7, 11) is 0. The first-order chi connectivity index (χ1) is 30.0. The number of aliphatic hydroxyl groups is 2. The molecular formula is C55H101NO5. The molecule has 0 saturated carbocycles. The smallest absolute Gasteiger partial charge is 0.306 e. The first kappa shape index (κ1) is 58.8. The number of allylic oxidation sites excluding steroid dienone is 8. The Bertz CT molecular complexity index is 1050. The average Bonchev–Trinajstić information content (AvgIpc) is 3.25. The molecule has 0 aromatic heterocycles. The summed E-state index contributed by atoms with van der Waals surface area (Å²) in [5, 5.41) is 23.7. The summed E-state index contributed by atoms with van der Waals surface area (Å²) in [6.45, 7) is 6.45. The van der Waals surface area contributed by atoms with Crippen molar-refractivity contribution in [3.63, 3.8) is 0 Å². The maximum atomic E-state index is 13.2. The van der Waals surface area contributed by atoms with Crippen molar-refractivity contribution < 1.29 is 24.5 Å². The molecule has 0 spiro atoms. The van der Waals surface area contributed by atoms with Crippen LogP contribution in [0.3, 0.4) is 0 Å². The Balaban J connectivity index is 4.67. The molecule has 0 aromatic carbocycles. The van der Waals surface area contributed by atoms with Crippen LogP contribution in [0, 0.1) is 0 Å². The van der Waals surface area contributed by atoms with E-state index in [0.717, 1.165) is 83.5 Å². The topological polar surface area (TPSA) is 95.9 Å². The maximum absolute atomic E-state index is 13.2. The van der Waals surface area contributed by atoms with Crippen molar-refractivity contribution in [2.24, 2.45) is 0 Å². The van der Waals surface area contributed by atoms with Gasteiger partial charge in [-0.25, -0.2) is 0 Å². The summed E-state index contributed by atoms with van der Waals surface area (Å²) >= 11 is 0. The van der Waals surface area contributed by atoms with E-state index in [1.807, 2.05) is 0 Å². The predicted molar refractivity (Wildman–Crippen MR) is 264 cm³/mol. The molecule has 0 fully saturated rings. The molecule has 0 bridgehead atoms. The number of esters is 1. The SMILES string of the molecule is CCCCCCCCC/C=C/C=C/CCCCCC(=O)OC(CCCCC/C=C/C=C/CCCCCCCCC)CC(=O)NC(CO)C(O)CCCCCCCCCCCC. The molecule has 3 N–H and O–H groups in total. The fourth-order valence-electron chi connectivity index (χ4n) is 7.88. The fourth-order valence-corrected chi connectivity index (χ4v) is 7.88. The van der Waals surface area contributed by atoms with Gasteiger partial charge < -0.3 is 20.3 Å². The summed E-state index contributed by atoms with van der Waals surface area (Å²) in [4.78, 5) is 26.1. The number of rotatable bonds is 47. The lowest BCUT2D eigenvalue weighted by Gasteiger charge is -2.24. The van der Waals surface area contributed by atoms with Gasteiger partial charge in [-0.3, -0.25) is 9.59 Å². The largest absolute Gasteiger partial charge is 0.462 e. The molecule has 1 amide bonds. The summed E-state index contributed by atoms with van der Waals surface area (Å²) in [6, 6.07) is -0.714. The third-order valence-corrected chi connectivity index (χ3v) is 11.9. The second-order valence-electron chi connectivity index (χ2n) is 18.0. The lowest BCUT2D eigenvalue weighted by molar-refractivity contribution is -0.151. The number of aliphatic hydroxyl groups excluding tert-OH is 2. The average molecular weight is 856 g/mol. The van der Waals surface area contributed by atoms with Gasteiger partial charge in [-0.05, 0) is 77.0 Å². The minimum absolute atomic E-state index is 0.0495. The summed E-state index contributed by atoms with van der Waals surface area (Å²) in [5.74, 6) is -0.527. The zero-order valence-electron chi connectivity index (χ0n) is 40.5. The molecule has 0 rings (SSSR count). The molecule has 3 unspecified atom stereocenters. The van der Waals surface area contributed by atoms with Crippen LogP contribution in [0.2, 0.25) is 0 Å². The standard InChI is InChI=1S/C55H101NO5/c1-4-7-10-13-16-19-22-24-26-28-30-32-34-37-40-43-46-51(49-54(59)56-52(50-57)53(58)47-44-41-38-35-21-18-15-12-9-6-3)61-55(60)48-45-42-39-36-33-31-29-27-25-23-20-17-14-11-8-5-2/h26-33,51-53,57-58H,4-25,34-50H2,1-3H3,(H,56,59)/b28-26+,29-27+,32-30+,33-31+. The van der Waals surface area contributed by atoms with E-state index in [0.29, 0.717) is 19.3 Å². The fraction of sp³-hybridized carbons (Fsp3) is 0.818. The lowest BCUT2D eigenvalue weighted by Crippen LogP contribution is -2.46. The van der Waals surface area contributed by atoms with E-state index in [2.05, 4.69) is 74.7 Å². The second-order valence-corrected chi connectivity index (χ2v) is 18.0. The zero-order valence-corrected chi connectivity index (χ0v) is 40.5. The molecule has 0 heterocycles. The van der Waals surface area contributed by atoms with Gasteiger partial charge in [0.15, 0.2) is 0 Å². The van der Waals surface area contributed by atoms with Crippen molar-refractivity contribution in [1.29, 1.82) is 0 Å². The van der Waals surface area contributed by atoms with Crippen molar-refractivity contribution in [1.82, 2.24) is 5.32 Å². The van der Waals surface area contributed by atoms with Crippen LogP contribution in [0.25, 0.3) is 0 Å². The van der Waals surface area contributed by atoms with E-state index in [9.17, 15) is 19.8 Å². The van der Waals surface area contributed by atoms with Gasteiger partial charge in [-0.1, -0.05) is 223 Å². The normalized spacial score (nSPS) is 13.6. The predicted octanol–water partition coefficient (Wildman–Crippen LogP) is 15.8. The lowest BCUT2D eigenvalue weighted by atomic mass is 10.0. The van der Waals surface area contributed by atoms with Gasteiger partial charge in [0, 0.05) is 6.42 Å². The number of carbonyl (C=O) groups excluding carboxylic acids is 2. The van der Waals surface area contributed by atoms with E-state index in [-0.39, 0.29) is 24.9 Å². The van der Waals surface area contributed by atoms with Crippen molar-refractivity contribution >= 4 is 11.9 Å². The molecular weight excluding hydrogens is 755 g/mol. The zero-order chi connectivity index (χ0) is 44.5. The van der Waals surface area contributed by atoms with Crippen LogP contribution in [0.5, 0.6) is 0 Å². The molecule has 0 aliphatic heterocycles. The van der Waals surface area contributed by atoms with E-state index in [1.165, 1.54) is 135 Å². The molecule has 3 atom stereocenters. The van der Waals surface area contributed by atoms with Crippen molar-refractivity contribution in [2.45, 2.75) is 283 Å². The Kier molecular flexibility index (Phi) is 47.1. The van der Waals surface area contributed by atoms with Crippen molar-refractivity contribution in [2.75, 3.05) is 6.61 Å². The van der Waals surface area contributed by atoms with Gasteiger partial charge in [0.1, 0.15) is 6.10 Å². The first-order valence-electron chi connectivity index (χ1n) is 26.4. The van der Waals surface area contributed by atoms with Gasteiger partial charge >= 0.3 is 5.97 Å². The monoisotopic (exact) mass is 856 g/mol. The molecule has 6 nitrogen and oxygen atoms in total. The number of carbonyl (C=O) groups is 2. The molecule has 0 radical (unpaired) electrons. The van der Waals surface area contributed by atoms with Gasteiger partial charge in [-0.2, -0.15) is 0 Å². The Hall–Kier alpha value is -2.18. The highest BCUT2D eigenvalue weighted by Gasteiger charge is 2.24. The Morgan fingerprint density at radius 2 is 0.820 bits per heavy atom. The Morgan fingerprint density at radius 3 is 1.23 bits per heavy atom. The van der Waals surface area contributed by atoms with Gasteiger partial charge in [0.05, 0.1) is 25.2 Å². The molecule has 0 saturated heterocycles. The number of unbranched alkanes of at least 4 members (excludes halogenated alkanes) is 29. The second kappa shape index (κ2) is 48.8. The summed E-state index contributed by atoms with van der Waals surface area (Å²) < 4.78 is 5.91. The number of ether oxygens (including phenoxy) is 1. The van der Waals surface area contributed by atoms with Crippen molar-refractivity contribution in [3.8, 4) is 0 Å². The minimum atomic E-state index is -0.798. The highest BCUT2D eigenvalue weighted by atomic mass is 16.5. The first-order valence-corrected chi connectivity index (χ1v) is 26.4.